The van der Waals surface area contributed by atoms with Gasteiger partial charge in [0.25, 0.3) is 0 Å². The van der Waals surface area contributed by atoms with Crippen molar-refractivity contribution in [1.29, 1.82) is 0 Å². The van der Waals surface area contributed by atoms with Crippen LogP contribution in [-0.2, 0) is 11.2 Å². The standard InChI is InChI=1S/C15H25ClN2O3/c1-10(2)7-8-15(4,20)9-17-13(19)6-5-12-11(3)18-21-14(12)16/h10,20H,5-9H2,1-4H3,(H,17,19). The zero-order valence-electron chi connectivity index (χ0n) is 13.2. The molecule has 1 unspecified atom stereocenters. The van der Waals surface area contributed by atoms with Gasteiger partial charge < -0.3 is 14.9 Å². The molecule has 1 atom stereocenters. The van der Waals surface area contributed by atoms with Gasteiger partial charge in [-0.1, -0.05) is 19.0 Å². The van der Waals surface area contributed by atoms with Crippen LogP contribution in [0, 0.1) is 12.8 Å². The molecule has 5 nitrogen and oxygen atoms in total. The molecule has 0 aliphatic carbocycles. The minimum Gasteiger partial charge on any atom is -0.388 e. The van der Waals surface area contributed by atoms with E-state index in [4.69, 9.17) is 16.1 Å². The molecule has 0 bridgehead atoms. The number of hydrogen-bond acceptors (Lipinski definition) is 4. The van der Waals surface area contributed by atoms with E-state index in [1.165, 1.54) is 0 Å². The van der Waals surface area contributed by atoms with Crippen molar-refractivity contribution < 1.29 is 14.4 Å². The van der Waals surface area contributed by atoms with Crippen LogP contribution in [-0.4, -0.2) is 28.3 Å². The molecule has 0 aliphatic rings. The third-order valence-corrected chi connectivity index (χ3v) is 3.76. The third kappa shape index (κ3) is 6.48. The maximum atomic E-state index is 11.8. The number of halogens is 1. The second kappa shape index (κ2) is 7.80. The van der Waals surface area contributed by atoms with E-state index in [1.807, 2.05) is 0 Å². The van der Waals surface area contributed by atoms with E-state index in [2.05, 4.69) is 24.3 Å². The van der Waals surface area contributed by atoms with Crippen LogP contribution in [0.2, 0.25) is 5.22 Å². The molecule has 0 aliphatic heterocycles. The van der Waals surface area contributed by atoms with Crippen LogP contribution in [0.1, 0.15) is 51.3 Å². The summed E-state index contributed by atoms with van der Waals surface area (Å²) in [6, 6.07) is 0. The fourth-order valence-electron chi connectivity index (χ4n) is 1.94. The smallest absolute Gasteiger partial charge is 0.229 e. The van der Waals surface area contributed by atoms with Gasteiger partial charge in [0, 0.05) is 18.5 Å². The average molecular weight is 317 g/mol. The summed E-state index contributed by atoms with van der Waals surface area (Å²) in [6.07, 6.45) is 2.37. The van der Waals surface area contributed by atoms with Crippen molar-refractivity contribution in [3.63, 3.8) is 0 Å². The summed E-state index contributed by atoms with van der Waals surface area (Å²) in [5, 5.41) is 16.9. The molecule has 1 aromatic rings. The van der Waals surface area contributed by atoms with Crippen LogP contribution in [0.15, 0.2) is 4.52 Å². The van der Waals surface area contributed by atoms with E-state index in [1.54, 1.807) is 13.8 Å². The molecule has 1 aromatic heterocycles. The maximum absolute atomic E-state index is 11.8. The Labute approximate surface area is 131 Å². The maximum Gasteiger partial charge on any atom is 0.229 e. The zero-order chi connectivity index (χ0) is 16.0. The predicted molar refractivity (Wildman–Crippen MR) is 82.3 cm³/mol. The van der Waals surface area contributed by atoms with Crippen LogP contribution >= 0.6 is 11.6 Å². The highest BCUT2D eigenvalue weighted by molar-refractivity contribution is 6.29. The third-order valence-electron chi connectivity index (χ3n) is 3.47. The van der Waals surface area contributed by atoms with Crippen molar-refractivity contribution >= 4 is 17.5 Å². The van der Waals surface area contributed by atoms with Gasteiger partial charge in [0.1, 0.15) is 0 Å². The molecule has 0 spiro atoms. The molecule has 1 heterocycles. The molecular formula is C15H25ClN2O3. The topological polar surface area (TPSA) is 75.4 Å². The Kier molecular flexibility index (Phi) is 6.68. The lowest BCUT2D eigenvalue weighted by Crippen LogP contribution is -2.40. The van der Waals surface area contributed by atoms with Crippen LogP contribution in [0.4, 0.5) is 0 Å². The number of nitrogens with one attached hydrogen (secondary N) is 1. The monoisotopic (exact) mass is 316 g/mol. The molecule has 120 valence electrons. The number of carbonyl (C=O) groups excluding carboxylic acids is 1. The van der Waals surface area contributed by atoms with Crippen LogP contribution in [0.25, 0.3) is 0 Å². The van der Waals surface area contributed by atoms with Gasteiger partial charge in [-0.15, -0.1) is 0 Å². The summed E-state index contributed by atoms with van der Waals surface area (Å²) in [4.78, 5) is 11.8. The lowest BCUT2D eigenvalue weighted by Gasteiger charge is -2.24. The molecule has 0 aromatic carbocycles. The van der Waals surface area contributed by atoms with Crippen molar-refractivity contribution in [1.82, 2.24) is 10.5 Å². The quantitative estimate of drug-likeness (QED) is 0.773. The Balaban J connectivity index is 2.34. The number of aromatic nitrogens is 1. The molecule has 0 fully saturated rings. The highest BCUT2D eigenvalue weighted by atomic mass is 35.5. The van der Waals surface area contributed by atoms with E-state index in [0.29, 0.717) is 30.9 Å². The first kappa shape index (κ1) is 18.0. The number of hydrogen-bond donors (Lipinski definition) is 2. The molecular weight excluding hydrogens is 292 g/mol. The molecule has 0 saturated heterocycles. The molecule has 2 N–H and O–H groups in total. The van der Waals surface area contributed by atoms with Gasteiger partial charge >= 0.3 is 0 Å². The van der Waals surface area contributed by atoms with E-state index >= 15 is 0 Å². The van der Waals surface area contributed by atoms with Gasteiger partial charge in [-0.2, -0.15) is 0 Å². The summed E-state index contributed by atoms with van der Waals surface area (Å²) in [7, 11) is 0. The van der Waals surface area contributed by atoms with Gasteiger partial charge in [0.05, 0.1) is 11.3 Å². The lowest BCUT2D eigenvalue weighted by molar-refractivity contribution is -0.122. The Morgan fingerprint density at radius 2 is 2.19 bits per heavy atom. The van der Waals surface area contributed by atoms with Crippen molar-refractivity contribution in [2.24, 2.45) is 5.92 Å². The van der Waals surface area contributed by atoms with Crippen LogP contribution in [0.5, 0.6) is 0 Å². The molecule has 0 saturated carbocycles. The number of rotatable bonds is 8. The van der Waals surface area contributed by atoms with E-state index < -0.39 is 5.60 Å². The van der Waals surface area contributed by atoms with Gasteiger partial charge in [-0.3, -0.25) is 4.79 Å². The number of amides is 1. The molecule has 6 heteroatoms. The Morgan fingerprint density at radius 1 is 1.52 bits per heavy atom. The average Bonchev–Trinajstić information content (AvgIpc) is 2.71. The zero-order valence-corrected chi connectivity index (χ0v) is 14.0. The number of carbonyl (C=O) groups is 1. The largest absolute Gasteiger partial charge is 0.388 e. The van der Waals surface area contributed by atoms with E-state index in [9.17, 15) is 9.90 Å². The minimum atomic E-state index is -0.870. The Bertz CT molecular complexity index is 450. The Hall–Kier alpha value is -1.07. The summed E-state index contributed by atoms with van der Waals surface area (Å²) in [5.74, 6) is 0.419. The van der Waals surface area contributed by atoms with Gasteiger partial charge in [-0.05, 0) is 50.6 Å². The molecule has 21 heavy (non-hydrogen) atoms. The normalized spacial score (nSPS) is 14.2. The van der Waals surface area contributed by atoms with E-state index in [0.717, 1.165) is 12.0 Å². The molecule has 0 radical (unpaired) electrons. The summed E-state index contributed by atoms with van der Waals surface area (Å²) >= 11 is 5.85. The van der Waals surface area contributed by atoms with Crippen molar-refractivity contribution in [2.45, 2.75) is 59.0 Å². The van der Waals surface area contributed by atoms with Gasteiger partial charge in [0.15, 0.2) is 0 Å². The summed E-state index contributed by atoms with van der Waals surface area (Å²) in [5.41, 5.74) is 0.597. The fraction of sp³-hybridized carbons (Fsp3) is 0.733. The first-order valence-electron chi connectivity index (χ1n) is 7.31. The molecule has 1 rings (SSSR count). The van der Waals surface area contributed by atoms with Crippen LogP contribution in [0.3, 0.4) is 0 Å². The fourth-order valence-corrected chi connectivity index (χ4v) is 2.21. The molecule has 1 amide bonds. The van der Waals surface area contributed by atoms with Gasteiger partial charge in [0.2, 0.25) is 11.1 Å². The first-order chi connectivity index (χ1) is 9.71. The minimum absolute atomic E-state index is 0.114. The van der Waals surface area contributed by atoms with E-state index in [-0.39, 0.29) is 17.7 Å². The highest BCUT2D eigenvalue weighted by Crippen LogP contribution is 2.20. The predicted octanol–water partition coefficient (Wildman–Crippen LogP) is 2.87. The Morgan fingerprint density at radius 3 is 2.71 bits per heavy atom. The second-order valence-electron chi connectivity index (χ2n) is 6.23. The van der Waals surface area contributed by atoms with Crippen molar-refractivity contribution in [3.8, 4) is 0 Å². The first-order valence-corrected chi connectivity index (χ1v) is 7.69. The van der Waals surface area contributed by atoms with Gasteiger partial charge in [-0.25, -0.2) is 0 Å². The SMILES string of the molecule is Cc1noc(Cl)c1CCC(=O)NCC(C)(O)CCC(C)C. The highest BCUT2D eigenvalue weighted by Gasteiger charge is 2.21. The van der Waals surface area contributed by atoms with Crippen molar-refractivity contribution in [3.05, 3.63) is 16.5 Å². The number of aryl methyl sites for hydroxylation is 1. The summed E-state index contributed by atoms with van der Waals surface area (Å²) < 4.78 is 4.84. The second-order valence-corrected chi connectivity index (χ2v) is 6.57. The van der Waals surface area contributed by atoms with Crippen LogP contribution < -0.4 is 5.32 Å². The number of aliphatic hydroxyl groups is 1. The van der Waals surface area contributed by atoms with Crippen molar-refractivity contribution in [2.75, 3.05) is 6.54 Å². The number of nitrogens with zero attached hydrogens (tertiary/aromatic N) is 1. The lowest BCUT2D eigenvalue weighted by atomic mass is 9.95. The summed E-state index contributed by atoms with van der Waals surface area (Å²) in [6.45, 7) is 8.02.